The summed E-state index contributed by atoms with van der Waals surface area (Å²) in [6, 6.07) is -0.310. The van der Waals surface area contributed by atoms with E-state index in [1.807, 2.05) is 0 Å². The average Bonchev–Trinajstić information content (AvgIpc) is 2.80. The molecule has 3 heterocycles. The summed E-state index contributed by atoms with van der Waals surface area (Å²) in [5, 5.41) is 15.9. The van der Waals surface area contributed by atoms with Crippen molar-refractivity contribution in [2.45, 2.75) is 69.9 Å². The van der Waals surface area contributed by atoms with Gasteiger partial charge in [-0.2, -0.15) is 4.98 Å². The van der Waals surface area contributed by atoms with Crippen LogP contribution in [0.4, 0.5) is 11.8 Å². The molecule has 7 N–H and O–H groups in total. The van der Waals surface area contributed by atoms with Crippen LogP contribution in [-0.4, -0.2) is 66.6 Å². The molecule has 0 radical (unpaired) electrons. The molecule has 1 aromatic rings. The summed E-state index contributed by atoms with van der Waals surface area (Å²) in [6.45, 7) is 3.90. The summed E-state index contributed by atoms with van der Waals surface area (Å²) >= 11 is 0. The molecule has 1 atom stereocenters. The molecule has 2 amide bonds. The molecule has 1 aromatic heterocycles. The maximum atomic E-state index is 12.9. The lowest BCUT2D eigenvalue weighted by Crippen LogP contribution is -2.43. The lowest BCUT2D eigenvalue weighted by atomic mass is 10.1. The van der Waals surface area contributed by atoms with Gasteiger partial charge in [0, 0.05) is 31.9 Å². The van der Waals surface area contributed by atoms with Crippen LogP contribution < -0.4 is 32.3 Å². The molecular weight excluding hydrogens is 408 g/mol. The minimum Gasteiger partial charge on any atom is -0.369 e. The molecule has 0 spiro atoms. The third-order valence-corrected chi connectivity index (χ3v) is 5.96. The summed E-state index contributed by atoms with van der Waals surface area (Å²) < 4.78 is 0. The number of nitrogens with two attached hydrogens (primary N) is 1. The molecule has 0 unspecified atom stereocenters. The van der Waals surface area contributed by atoms with Gasteiger partial charge in [-0.25, -0.2) is 4.98 Å². The Kier molecular flexibility index (Phi) is 9.96. The molecule has 10 heteroatoms. The summed E-state index contributed by atoms with van der Waals surface area (Å²) in [6.07, 6.45) is 9.74. The van der Waals surface area contributed by atoms with Crippen molar-refractivity contribution in [3.05, 3.63) is 11.8 Å². The number of amides is 2. The molecule has 0 aliphatic carbocycles. The third kappa shape index (κ3) is 7.90. The number of nitrogens with one attached hydrogen (secondary N) is 5. The normalized spacial score (nSPS) is 22.4. The minimum atomic E-state index is -0.477. The standard InChI is InChI=1S/C22H38N8O2/c23-18-7-3-6-10-25-19-17(20(31)29-16-8-13-24-14-9-16)15-28-22(30-19)27-12-5-2-1-4-11-26-21(18)32/h15-16,18,24H,1-14,23H2,(H,26,32)(H,29,31)(H2,25,27,28,30)/t18-/m0/s1. The number of aromatic nitrogens is 2. The number of piperidine rings is 1. The van der Waals surface area contributed by atoms with E-state index in [2.05, 4.69) is 36.6 Å². The quantitative estimate of drug-likeness (QED) is 0.394. The average molecular weight is 447 g/mol. The lowest BCUT2D eigenvalue weighted by Gasteiger charge is -2.24. The highest BCUT2D eigenvalue weighted by molar-refractivity contribution is 5.98. The van der Waals surface area contributed by atoms with Gasteiger partial charge in [0.25, 0.3) is 5.91 Å². The monoisotopic (exact) mass is 446 g/mol. The molecule has 1 fully saturated rings. The van der Waals surface area contributed by atoms with Gasteiger partial charge in [-0.1, -0.05) is 12.8 Å². The molecule has 0 aromatic carbocycles. The second-order valence-electron chi connectivity index (χ2n) is 8.61. The number of fused-ring (bicyclic) bond motifs is 2. The van der Waals surface area contributed by atoms with E-state index in [4.69, 9.17) is 5.73 Å². The Morgan fingerprint density at radius 1 is 0.906 bits per heavy atom. The summed E-state index contributed by atoms with van der Waals surface area (Å²) in [5.41, 5.74) is 6.47. The molecule has 10 nitrogen and oxygen atoms in total. The third-order valence-electron chi connectivity index (χ3n) is 5.96. The van der Waals surface area contributed by atoms with Gasteiger partial charge in [-0.05, 0) is 58.0 Å². The predicted octanol–water partition coefficient (Wildman–Crippen LogP) is 0.970. The van der Waals surface area contributed by atoms with Crippen LogP contribution in [0.25, 0.3) is 0 Å². The zero-order valence-corrected chi connectivity index (χ0v) is 18.9. The number of hydrogen-bond donors (Lipinski definition) is 6. The Balaban J connectivity index is 1.64. The smallest absolute Gasteiger partial charge is 0.256 e. The van der Waals surface area contributed by atoms with Crippen molar-refractivity contribution in [1.82, 2.24) is 25.9 Å². The summed E-state index contributed by atoms with van der Waals surface area (Å²) in [5.74, 6) is 0.850. The molecule has 2 aliphatic rings. The SMILES string of the molecule is N[C@H]1CCCCNc2nc(ncc2C(=O)NC2CCNCC2)NCCCCCCNC1=O. The maximum absolute atomic E-state index is 12.9. The van der Waals surface area contributed by atoms with Crippen molar-refractivity contribution in [3.8, 4) is 0 Å². The second-order valence-corrected chi connectivity index (χ2v) is 8.61. The van der Waals surface area contributed by atoms with Crippen LogP contribution in [0.1, 0.15) is 68.1 Å². The van der Waals surface area contributed by atoms with Gasteiger partial charge in [-0.3, -0.25) is 9.59 Å². The first-order valence-corrected chi connectivity index (χ1v) is 12.0. The molecule has 3 rings (SSSR count). The van der Waals surface area contributed by atoms with Crippen LogP contribution >= 0.6 is 0 Å². The minimum absolute atomic E-state index is 0.0712. The first-order chi connectivity index (χ1) is 15.6. The molecule has 32 heavy (non-hydrogen) atoms. The predicted molar refractivity (Wildman–Crippen MR) is 126 cm³/mol. The number of carbonyl (C=O) groups is 2. The number of anilines is 2. The van der Waals surface area contributed by atoms with Crippen LogP contribution in [0, 0.1) is 0 Å². The van der Waals surface area contributed by atoms with Gasteiger partial charge in [0.15, 0.2) is 0 Å². The van der Waals surface area contributed by atoms with Crippen molar-refractivity contribution in [3.63, 3.8) is 0 Å². The number of hydrogen-bond acceptors (Lipinski definition) is 8. The van der Waals surface area contributed by atoms with E-state index in [0.717, 1.165) is 71.0 Å². The second kappa shape index (κ2) is 13.2. The Morgan fingerprint density at radius 2 is 1.59 bits per heavy atom. The highest BCUT2D eigenvalue weighted by atomic mass is 16.2. The van der Waals surface area contributed by atoms with Crippen molar-refractivity contribution >= 4 is 23.6 Å². The van der Waals surface area contributed by atoms with Crippen LogP contribution in [0.3, 0.4) is 0 Å². The summed E-state index contributed by atoms with van der Waals surface area (Å²) in [7, 11) is 0. The fraction of sp³-hybridized carbons (Fsp3) is 0.727. The zero-order chi connectivity index (χ0) is 22.6. The zero-order valence-electron chi connectivity index (χ0n) is 18.9. The van der Waals surface area contributed by atoms with Gasteiger partial charge >= 0.3 is 0 Å². The van der Waals surface area contributed by atoms with E-state index in [1.54, 1.807) is 6.20 Å². The van der Waals surface area contributed by atoms with Gasteiger partial charge in [0.2, 0.25) is 11.9 Å². The molecule has 1 saturated heterocycles. The van der Waals surface area contributed by atoms with Crippen LogP contribution in [0.5, 0.6) is 0 Å². The fourth-order valence-electron chi connectivity index (χ4n) is 3.97. The molecule has 2 aliphatic heterocycles. The first-order valence-electron chi connectivity index (χ1n) is 12.0. The number of nitrogens with zero attached hydrogens (tertiary/aromatic N) is 2. The maximum Gasteiger partial charge on any atom is 0.256 e. The van der Waals surface area contributed by atoms with Crippen LogP contribution in [0.15, 0.2) is 6.20 Å². The Hall–Kier alpha value is -2.46. The van der Waals surface area contributed by atoms with E-state index in [0.29, 0.717) is 36.8 Å². The van der Waals surface area contributed by atoms with Crippen LogP contribution in [0.2, 0.25) is 0 Å². The molecule has 178 valence electrons. The number of carbonyl (C=O) groups excluding carboxylic acids is 2. The number of rotatable bonds is 2. The Morgan fingerprint density at radius 3 is 2.38 bits per heavy atom. The first kappa shape index (κ1) is 24.2. The van der Waals surface area contributed by atoms with Gasteiger partial charge in [0.1, 0.15) is 11.4 Å². The fourth-order valence-corrected chi connectivity index (χ4v) is 3.97. The van der Waals surface area contributed by atoms with Crippen molar-refractivity contribution in [2.24, 2.45) is 5.73 Å². The molecule has 0 saturated carbocycles. The van der Waals surface area contributed by atoms with Gasteiger partial charge < -0.3 is 32.3 Å². The van der Waals surface area contributed by atoms with Gasteiger partial charge in [0.05, 0.1) is 6.04 Å². The van der Waals surface area contributed by atoms with Crippen molar-refractivity contribution in [2.75, 3.05) is 43.4 Å². The lowest BCUT2D eigenvalue weighted by molar-refractivity contribution is -0.122. The summed E-state index contributed by atoms with van der Waals surface area (Å²) in [4.78, 5) is 33.9. The largest absolute Gasteiger partial charge is 0.369 e. The van der Waals surface area contributed by atoms with E-state index in [1.165, 1.54) is 0 Å². The highest BCUT2D eigenvalue weighted by Crippen LogP contribution is 2.16. The topological polar surface area (TPSA) is 146 Å². The van der Waals surface area contributed by atoms with E-state index in [9.17, 15) is 9.59 Å². The molecule has 2 bridgehead atoms. The highest BCUT2D eigenvalue weighted by Gasteiger charge is 2.20. The van der Waals surface area contributed by atoms with E-state index in [-0.39, 0.29) is 17.9 Å². The Labute approximate surface area is 190 Å². The van der Waals surface area contributed by atoms with Crippen molar-refractivity contribution < 1.29 is 9.59 Å². The van der Waals surface area contributed by atoms with Crippen LogP contribution in [-0.2, 0) is 4.79 Å². The van der Waals surface area contributed by atoms with Gasteiger partial charge in [-0.15, -0.1) is 0 Å². The van der Waals surface area contributed by atoms with E-state index >= 15 is 0 Å². The molecular formula is C22H38N8O2. The van der Waals surface area contributed by atoms with Crippen molar-refractivity contribution in [1.29, 1.82) is 0 Å². The Bertz CT molecular complexity index is 739. The van der Waals surface area contributed by atoms with E-state index < -0.39 is 6.04 Å².